The summed E-state index contributed by atoms with van der Waals surface area (Å²) < 4.78 is 1.56. The van der Waals surface area contributed by atoms with Gasteiger partial charge in [0.1, 0.15) is 11.6 Å². The summed E-state index contributed by atoms with van der Waals surface area (Å²) in [6.07, 6.45) is 6.84. The van der Waals surface area contributed by atoms with Gasteiger partial charge >= 0.3 is 0 Å². The Bertz CT molecular complexity index is 772. The number of nitrogens with zero attached hydrogens (tertiary/aromatic N) is 5. The molecular formula is C18H26N6O. The fourth-order valence-corrected chi connectivity index (χ4v) is 3.25. The van der Waals surface area contributed by atoms with Crippen molar-refractivity contribution in [2.24, 2.45) is 0 Å². The third kappa shape index (κ3) is 3.97. The molecule has 0 aromatic carbocycles. The lowest BCUT2D eigenvalue weighted by Crippen LogP contribution is -2.45. The maximum absolute atomic E-state index is 12.0. The van der Waals surface area contributed by atoms with Crippen LogP contribution in [0.5, 0.6) is 0 Å². The number of anilines is 2. The average molecular weight is 342 g/mol. The van der Waals surface area contributed by atoms with Gasteiger partial charge in [-0.1, -0.05) is 0 Å². The lowest BCUT2D eigenvalue weighted by molar-refractivity contribution is 0.451. The molecule has 0 bridgehead atoms. The van der Waals surface area contributed by atoms with Crippen LogP contribution >= 0.6 is 0 Å². The van der Waals surface area contributed by atoms with Crippen molar-refractivity contribution in [1.82, 2.24) is 19.7 Å². The average Bonchev–Trinajstić information content (AvgIpc) is 2.61. The minimum atomic E-state index is -0.0550. The van der Waals surface area contributed by atoms with Crippen molar-refractivity contribution in [2.75, 3.05) is 23.3 Å². The van der Waals surface area contributed by atoms with Gasteiger partial charge in [-0.2, -0.15) is 5.10 Å². The highest BCUT2D eigenvalue weighted by molar-refractivity contribution is 5.42. The lowest BCUT2D eigenvalue weighted by atomic mass is 10.0. The zero-order valence-electron chi connectivity index (χ0n) is 15.1. The van der Waals surface area contributed by atoms with Crippen LogP contribution in [-0.4, -0.2) is 38.9 Å². The van der Waals surface area contributed by atoms with E-state index < -0.39 is 0 Å². The Balaban J connectivity index is 1.78. The highest BCUT2D eigenvalue weighted by Gasteiger charge is 2.24. The van der Waals surface area contributed by atoms with E-state index in [-0.39, 0.29) is 11.6 Å². The van der Waals surface area contributed by atoms with Gasteiger partial charge in [0.05, 0.1) is 11.7 Å². The molecule has 0 spiro atoms. The predicted octanol–water partition coefficient (Wildman–Crippen LogP) is 2.39. The van der Waals surface area contributed by atoms with Crippen molar-refractivity contribution in [1.29, 1.82) is 0 Å². The molecule has 1 atom stereocenters. The van der Waals surface area contributed by atoms with Crippen LogP contribution in [0.1, 0.15) is 44.8 Å². The lowest BCUT2D eigenvalue weighted by Gasteiger charge is -2.37. The molecule has 7 heteroatoms. The first-order valence-electron chi connectivity index (χ1n) is 8.94. The van der Waals surface area contributed by atoms with E-state index in [9.17, 15) is 4.79 Å². The fraction of sp³-hybridized carbons (Fsp3) is 0.556. The van der Waals surface area contributed by atoms with Crippen molar-refractivity contribution >= 4 is 11.6 Å². The van der Waals surface area contributed by atoms with Crippen LogP contribution < -0.4 is 15.8 Å². The summed E-state index contributed by atoms with van der Waals surface area (Å²) in [7, 11) is 0. The van der Waals surface area contributed by atoms with Crippen molar-refractivity contribution < 1.29 is 0 Å². The van der Waals surface area contributed by atoms with Gasteiger partial charge in [-0.3, -0.25) is 9.78 Å². The maximum Gasteiger partial charge on any atom is 0.267 e. The van der Waals surface area contributed by atoms with Crippen LogP contribution in [0, 0.1) is 6.92 Å². The molecule has 1 aliphatic rings. The van der Waals surface area contributed by atoms with Gasteiger partial charge < -0.3 is 10.2 Å². The van der Waals surface area contributed by atoms with Gasteiger partial charge in [0.25, 0.3) is 5.56 Å². The first-order chi connectivity index (χ1) is 12.1. The fourth-order valence-electron chi connectivity index (χ4n) is 3.25. The molecule has 3 heterocycles. The van der Waals surface area contributed by atoms with E-state index in [2.05, 4.69) is 25.3 Å². The second-order valence-corrected chi connectivity index (χ2v) is 6.78. The van der Waals surface area contributed by atoms with Crippen LogP contribution in [0.2, 0.25) is 0 Å². The van der Waals surface area contributed by atoms with Crippen molar-refractivity contribution in [3.8, 4) is 0 Å². The highest BCUT2D eigenvalue weighted by atomic mass is 16.1. The molecule has 0 aliphatic carbocycles. The molecule has 1 saturated heterocycles. The molecule has 2 aromatic rings. The number of nitrogens with one attached hydrogen (secondary N) is 1. The summed E-state index contributed by atoms with van der Waals surface area (Å²) in [4.78, 5) is 22.9. The van der Waals surface area contributed by atoms with E-state index in [0.29, 0.717) is 6.04 Å². The Labute approximate surface area is 148 Å². The smallest absolute Gasteiger partial charge is 0.267 e. The Kier molecular flexibility index (Phi) is 5.31. The molecular weight excluding hydrogens is 316 g/mol. The Morgan fingerprint density at radius 1 is 1.24 bits per heavy atom. The molecule has 134 valence electrons. The third-order valence-electron chi connectivity index (χ3n) is 4.61. The third-order valence-corrected chi connectivity index (χ3v) is 4.61. The number of rotatable bonds is 5. The number of hydrogen-bond donors (Lipinski definition) is 1. The van der Waals surface area contributed by atoms with E-state index in [1.54, 1.807) is 23.1 Å². The number of aryl methyl sites for hydroxylation is 1. The standard InChI is InChI=1S/C18H26N6O/c1-13(2)24-17(25)8-7-16(22-24)23-11-5-4-6-15(23)12-21-18-14(3)19-9-10-20-18/h7-10,13,15H,4-6,11-12H2,1-3H3,(H,20,21). The molecule has 1 fully saturated rings. The molecule has 0 amide bonds. The molecule has 3 rings (SSSR count). The van der Waals surface area contributed by atoms with Crippen molar-refractivity contribution in [3.05, 3.63) is 40.6 Å². The van der Waals surface area contributed by atoms with Crippen LogP contribution in [0.3, 0.4) is 0 Å². The van der Waals surface area contributed by atoms with Gasteiger partial charge in [-0.15, -0.1) is 0 Å². The van der Waals surface area contributed by atoms with Gasteiger partial charge in [0.2, 0.25) is 0 Å². The van der Waals surface area contributed by atoms with Crippen LogP contribution in [0.4, 0.5) is 11.6 Å². The largest absolute Gasteiger partial charge is 0.367 e. The summed E-state index contributed by atoms with van der Waals surface area (Å²) in [5.74, 6) is 1.70. The summed E-state index contributed by atoms with van der Waals surface area (Å²) in [6.45, 7) is 7.64. The summed E-state index contributed by atoms with van der Waals surface area (Å²) in [6, 6.07) is 3.83. The highest BCUT2D eigenvalue weighted by Crippen LogP contribution is 2.23. The number of aromatic nitrogens is 4. The summed E-state index contributed by atoms with van der Waals surface area (Å²) >= 11 is 0. The SMILES string of the molecule is Cc1nccnc1NCC1CCCCN1c1ccc(=O)n(C(C)C)n1. The monoisotopic (exact) mass is 342 g/mol. The maximum atomic E-state index is 12.0. The topological polar surface area (TPSA) is 75.9 Å². The number of hydrogen-bond acceptors (Lipinski definition) is 6. The second kappa shape index (κ2) is 7.63. The van der Waals surface area contributed by atoms with E-state index >= 15 is 0 Å². The zero-order valence-corrected chi connectivity index (χ0v) is 15.1. The van der Waals surface area contributed by atoms with Gasteiger partial charge in [-0.25, -0.2) is 9.67 Å². The summed E-state index contributed by atoms with van der Waals surface area (Å²) in [5, 5.41) is 8.01. The van der Waals surface area contributed by atoms with Gasteiger partial charge in [0.15, 0.2) is 0 Å². The first-order valence-corrected chi connectivity index (χ1v) is 8.94. The van der Waals surface area contributed by atoms with Crippen molar-refractivity contribution in [3.63, 3.8) is 0 Å². The number of piperidine rings is 1. The Morgan fingerprint density at radius 2 is 2.04 bits per heavy atom. The second-order valence-electron chi connectivity index (χ2n) is 6.78. The van der Waals surface area contributed by atoms with Gasteiger partial charge in [0, 0.05) is 37.6 Å². The minimum Gasteiger partial charge on any atom is -0.367 e. The minimum absolute atomic E-state index is 0.0519. The molecule has 1 aliphatic heterocycles. The van der Waals surface area contributed by atoms with Crippen molar-refractivity contribution in [2.45, 2.75) is 52.1 Å². The molecule has 0 radical (unpaired) electrons. The van der Waals surface area contributed by atoms with Crippen LogP contribution in [0.25, 0.3) is 0 Å². The zero-order chi connectivity index (χ0) is 17.8. The van der Waals surface area contributed by atoms with E-state index in [0.717, 1.165) is 43.3 Å². The Morgan fingerprint density at radius 3 is 2.80 bits per heavy atom. The Hall–Kier alpha value is -2.44. The first kappa shape index (κ1) is 17.4. The van der Waals surface area contributed by atoms with Crippen LogP contribution in [-0.2, 0) is 0 Å². The normalized spacial score (nSPS) is 17.8. The predicted molar refractivity (Wildman–Crippen MR) is 99.1 cm³/mol. The van der Waals surface area contributed by atoms with E-state index in [1.165, 1.54) is 6.42 Å². The molecule has 7 nitrogen and oxygen atoms in total. The molecule has 0 saturated carbocycles. The molecule has 2 aromatic heterocycles. The molecule has 1 unspecified atom stereocenters. The van der Waals surface area contributed by atoms with Crippen LogP contribution in [0.15, 0.2) is 29.3 Å². The molecule has 1 N–H and O–H groups in total. The quantitative estimate of drug-likeness (QED) is 0.899. The summed E-state index contributed by atoms with van der Waals surface area (Å²) in [5.41, 5.74) is 0.844. The van der Waals surface area contributed by atoms with Gasteiger partial charge in [-0.05, 0) is 46.1 Å². The van der Waals surface area contributed by atoms with E-state index in [1.807, 2.05) is 26.8 Å². The van der Waals surface area contributed by atoms with E-state index in [4.69, 9.17) is 0 Å². The molecule has 25 heavy (non-hydrogen) atoms.